The number of fused-ring (bicyclic) bond motifs is 2. The first-order valence-corrected chi connectivity index (χ1v) is 18.1. The Balaban J connectivity index is 1.20. The molecule has 0 spiro atoms. The van der Waals surface area contributed by atoms with E-state index in [1.807, 2.05) is 24.3 Å². The lowest BCUT2D eigenvalue weighted by Gasteiger charge is -2.27. The van der Waals surface area contributed by atoms with Crippen molar-refractivity contribution in [2.45, 2.75) is 90.5 Å². The van der Waals surface area contributed by atoms with Gasteiger partial charge < -0.3 is 9.64 Å². The lowest BCUT2D eigenvalue weighted by Crippen LogP contribution is -2.45. The van der Waals surface area contributed by atoms with Crippen LogP contribution < -0.4 is 4.74 Å². The van der Waals surface area contributed by atoms with E-state index in [1.54, 1.807) is 41.9 Å². The Morgan fingerprint density at radius 3 is 2.52 bits per heavy atom. The third-order valence-corrected chi connectivity index (χ3v) is 11.0. The van der Waals surface area contributed by atoms with Crippen LogP contribution in [0.3, 0.4) is 0 Å². The lowest BCUT2D eigenvalue weighted by molar-refractivity contribution is -0.141. The summed E-state index contributed by atoms with van der Waals surface area (Å²) in [7, 11) is 0. The van der Waals surface area contributed by atoms with Crippen molar-refractivity contribution in [3.63, 3.8) is 0 Å². The molecule has 0 unspecified atom stereocenters. The molecule has 1 aliphatic carbocycles. The molecule has 4 aromatic heterocycles. The highest BCUT2D eigenvalue weighted by atomic mass is 19.4. The van der Waals surface area contributed by atoms with Crippen LogP contribution >= 0.6 is 0 Å². The van der Waals surface area contributed by atoms with Crippen LogP contribution in [0.15, 0.2) is 54.9 Å². The molecule has 5 aromatic rings. The number of hydrogen-bond donors (Lipinski definition) is 0. The van der Waals surface area contributed by atoms with Crippen LogP contribution in [0.4, 0.5) is 13.2 Å². The summed E-state index contributed by atoms with van der Waals surface area (Å²) >= 11 is 0. The van der Waals surface area contributed by atoms with Gasteiger partial charge in [0.05, 0.1) is 30.3 Å². The van der Waals surface area contributed by atoms with Crippen LogP contribution in [0.1, 0.15) is 77.1 Å². The maximum absolute atomic E-state index is 14.6. The van der Waals surface area contributed by atoms with Gasteiger partial charge >= 0.3 is 6.18 Å². The van der Waals surface area contributed by atoms with Crippen LogP contribution in [0.5, 0.6) is 5.88 Å². The first kappa shape index (κ1) is 35.5. The summed E-state index contributed by atoms with van der Waals surface area (Å²) in [5.41, 5.74) is 3.10. The minimum atomic E-state index is -4.67. The average Bonchev–Trinajstić information content (AvgIpc) is 3.54. The normalized spacial score (nSPS) is 21.4. The Labute approximate surface area is 309 Å². The number of aromatic nitrogens is 6. The van der Waals surface area contributed by atoms with E-state index < -0.39 is 29.1 Å². The number of carbonyl (C=O) groups is 3. The van der Waals surface area contributed by atoms with Crippen molar-refractivity contribution < 1.29 is 32.3 Å². The summed E-state index contributed by atoms with van der Waals surface area (Å²) in [6.07, 6.45) is 2.24. The van der Waals surface area contributed by atoms with Gasteiger partial charge in [-0.3, -0.25) is 19.1 Å². The van der Waals surface area contributed by atoms with E-state index in [4.69, 9.17) is 14.8 Å². The zero-order valence-corrected chi connectivity index (χ0v) is 30.1. The number of pyridine rings is 2. The number of nitrogens with zero attached hydrogens (tertiary/aromatic N) is 7. The van der Waals surface area contributed by atoms with E-state index in [-0.39, 0.29) is 55.1 Å². The Kier molecular flexibility index (Phi) is 8.81. The number of Topliss-reactive ketones (excluding diaryl/α,β-unsaturated/α-hetero) is 2. The van der Waals surface area contributed by atoms with Gasteiger partial charge in [-0.05, 0) is 93.3 Å². The topological polar surface area (TPSA) is 133 Å². The van der Waals surface area contributed by atoms with E-state index in [2.05, 4.69) is 15.0 Å². The van der Waals surface area contributed by atoms with Gasteiger partial charge in [-0.25, -0.2) is 19.9 Å². The summed E-state index contributed by atoms with van der Waals surface area (Å²) in [4.78, 5) is 60.6. The van der Waals surface area contributed by atoms with Crippen molar-refractivity contribution in [2.24, 2.45) is 5.41 Å². The van der Waals surface area contributed by atoms with E-state index in [0.717, 1.165) is 41.3 Å². The highest BCUT2D eigenvalue weighted by Gasteiger charge is 2.67. The monoisotopic (exact) mass is 737 g/mol. The van der Waals surface area contributed by atoms with Gasteiger partial charge in [0.1, 0.15) is 23.8 Å². The standard InChI is InChI=1S/C40H38F3N7O4/c1-22-11-12-33(40(41,42)43)47-30(22)15-32(52)31-16-39-17-34(39)50(31)36(53)20-49-38-25(7-4-5-8-28-9-6-10-35(46-28)54-21-39)13-26(27-18-44-24(3)45-19-27)14-29(38)37(48-49)23(2)51/h6,9-14,18-19,31,34H,4-5,7-8,15-17,20-21H2,1-3H3/t31-,34+,39-/m0/s1. The van der Waals surface area contributed by atoms with Crippen molar-refractivity contribution in [3.8, 4) is 17.0 Å². The zero-order chi connectivity index (χ0) is 37.9. The van der Waals surface area contributed by atoms with Crippen molar-refractivity contribution >= 4 is 28.4 Å². The number of alkyl halides is 3. The molecule has 14 heteroatoms. The molecule has 3 atom stereocenters. The summed E-state index contributed by atoms with van der Waals surface area (Å²) < 4.78 is 48.5. The third kappa shape index (κ3) is 6.62. The number of amides is 1. The number of halogens is 3. The van der Waals surface area contributed by atoms with Crippen molar-refractivity contribution in [3.05, 3.63) is 94.6 Å². The molecular formula is C40H38F3N7O4. The molecule has 2 fully saturated rings. The molecule has 4 bridgehead atoms. The molecule has 11 nitrogen and oxygen atoms in total. The smallest absolute Gasteiger partial charge is 0.433 e. The maximum atomic E-state index is 14.6. The van der Waals surface area contributed by atoms with Crippen LogP contribution in [0.2, 0.25) is 0 Å². The van der Waals surface area contributed by atoms with Gasteiger partial charge in [0.2, 0.25) is 11.8 Å². The molecule has 6 heterocycles. The third-order valence-electron chi connectivity index (χ3n) is 11.0. The van der Waals surface area contributed by atoms with Gasteiger partial charge in [0.25, 0.3) is 0 Å². The lowest BCUT2D eigenvalue weighted by atomic mass is 9.95. The number of aryl methyl sites for hydroxylation is 4. The number of rotatable bonds is 5. The van der Waals surface area contributed by atoms with E-state index in [9.17, 15) is 27.6 Å². The molecule has 8 rings (SSSR count). The van der Waals surface area contributed by atoms with Crippen LogP contribution in [0, 0.1) is 19.3 Å². The average molecular weight is 738 g/mol. The molecule has 1 saturated heterocycles. The SMILES string of the molecule is CC(=O)c1nn2c3c(cc(-c4cnc(C)nc4)cc13)CCCCc1cccc(n1)OC[C@@]13C[C@@H](C(=O)Cc4nc(C(F)(F)F)ccc4C)N(C(=O)C2)[C@@H]1C3. The second-order valence-corrected chi connectivity index (χ2v) is 14.8. The summed E-state index contributed by atoms with van der Waals surface area (Å²) in [6, 6.07) is 10.5. The first-order valence-electron chi connectivity index (χ1n) is 18.1. The minimum absolute atomic E-state index is 0.0205. The van der Waals surface area contributed by atoms with Gasteiger partial charge in [0, 0.05) is 53.5 Å². The van der Waals surface area contributed by atoms with Crippen LogP contribution in [-0.2, 0) is 41.6 Å². The summed E-state index contributed by atoms with van der Waals surface area (Å²) in [5.74, 6) is 0.0403. The first-order chi connectivity index (χ1) is 25.8. The molecule has 278 valence electrons. The van der Waals surface area contributed by atoms with Gasteiger partial charge in [-0.2, -0.15) is 18.3 Å². The number of ketones is 2. The summed E-state index contributed by atoms with van der Waals surface area (Å²) in [6.45, 7) is 4.83. The van der Waals surface area contributed by atoms with Gasteiger partial charge in [-0.15, -0.1) is 0 Å². The number of piperidine rings is 1. The second kappa shape index (κ2) is 13.4. The molecule has 0 radical (unpaired) electrons. The number of hydrogen-bond acceptors (Lipinski definition) is 9. The van der Waals surface area contributed by atoms with Gasteiger partial charge in [-0.1, -0.05) is 12.1 Å². The fourth-order valence-electron chi connectivity index (χ4n) is 8.06. The van der Waals surface area contributed by atoms with E-state index in [1.165, 1.54) is 13.0 Å². The van der Waals surface area contributed by atoms with Crippen LogP contribution in [-0.4, -0.2) is 70.8 Å². The zero-order valence-electron chi connectivity index (χ0n) is 30.1. The predicted molar refractivity (Wildman–Crippen MR) is 191 cm³/mol. The quantitative estimate of drug-likeness (QED) is 0.192. The molecular weight excluding hydrogens is 699 g/mol. The minimum Gasteiger partial charge on any atom is -0.477 e. The molecule has 1 amide bonds. The maximum Gasteiger partial charge on any atom is 0.433 e. The highest BCUT2D eigenvalue weighted by molar-refractivity contribution is 6.07. The molecule has 1 saturated carbocycles. The molecule has 0 N–H and O–H groups in total. The number of benzene rings is 1. The Morgan fingerprint density at radius 2 is 1.76 bits per heavy atom. The molecule has 1 aromatic carbocycles. The molecule has 3 aliphatic rings. The Hall–Kier alpha value is -5.53. The summed E-state index contributed by atoms with van der Waals surface area (Å²) in [5, 5.41) is 5.31. The fourth-order valence-corrected chi connectivity index (χ4v) is 8.06. The van der Waals surface area contributed by atoms with E-state index in [0.29, 0.717) is 47.4 Å². The largest absolute Gasteiger partial charge is 0.477 e. The number of ether oxygens (including phenoxy) is 1. The van der Waals surface area contributed by atoms with Crippen molar-refractivity contribution in [1.29, 1.82) is 0 Å². The Morgan fingerprint density at radius 1 is 0.981 bits per heavy atom. The van der Waals surface area contributed by atoms with E-state index >= 15 is 0 Å². The molecule has 54 heavy (non-hydrogen) atoms. The Bertz CT molecular complexity index is 2320. The predicted octanol–water partition coefficient (Wildman–Crippen LogP) is 6.25. The van der Waals surface area contributed by atoms with Gasteiger partial charge in [0.15, 0.2) is 11.6 Å². The molecule has 2 aliphatic heterocycles. The fraction of sp³-hybridized carbons (Fsp3) is 0.400. The number of carbonyl (C=O) groups excluding carboxylic acids is 3. The van der Waals surface area contributed by atoms with Crippen molar-refractivity contribution in [1.82, 2.24) is 34.6 Å². The van der Waals surface area contributed by atoms with Crippen LogP contribution in [0.25, 0.3) is 22.0 Å². The van der Waals surface area contributed by atoms with Crippen molar-refractivity contribution in [2.75, 3.05) is 6.61 Å². The second-order valence-electron chi connectivity index (χ2n) is 14.8. The highest BCUT2D eigenvalue weighted by Crippen LogP contribution is 2.60.